The summed E-state index contributed by atoms with van der Waals surface area (Å²) in [5.41, 5.74) is 7.15. The van der Waals surface area contributed by atoms with Gasteiger partial charge in [-0.3, -0.25) is 14.9 Å². The van der Waals surface area contributed by atoms with Gasteiger partial charge in [-0.25, -0.2) is 5.43 Å². The summed E-state index contributed by atoms with van der Waals surface area (Å²) in [4.78, 5) is 23.1. The standard InChI is InChI=1S/C32H26Br2N4O6/c1-20-6-7-21(2)37(20)24-8-10-26(11-9-24)42-19-27-12-13-30(44-27)32(39)36-35-17-23-15-28(33)31(29(34)16-23)43-18-22-4-3-5-25(14-22)38(40)41/h3-17H,18-19H2,1-2H3,(H,36,39)/b35-17+. The van der Waals surface area contributed by atoms with Crippen LogP contribution in [0.2, 0.25) is 0 Å². The van der Waals surface area contributed by atoms with Crippen LogP contribution < -0.4 is 14.9 Å². The second-order valence-electron chi connectivity index (χ2n) is 9.73. The number of nitrogens with one attached hydrogen (secondary N) is 1. The van der Waals surface area contributed by atoms with Gasteiger partial charge in [0, 0.05) is 29.2 Å². The average molecular weight is 722 g/mol. The maximum Gasteiger partial charge on any atom is 0.307 e. The monoisotopic (exact) mass is 720 g/mol. The Bertz CT molecular complexity index is 1800. The lowest BCUT2D eigenvalue weighted by Crippen LogP contribution is -2.16. The summed E-state index contributed by atoms with van der Waals surface area (Å²) >= 11 is 6.96. The molecule has 1 N–H and O–H groups in total. The number of nitrogens with zero attached hydrogens (tertiary/aromatic N) is 3. The van der Waals surface area contributed by atoms with Gasteiger partial charge in [0.15, 0.2) is 5.76 Å². The maximum atomic E-state index is 12.6. The summed E-state index contributed by atoms with van der Waals surface area (Å²) in [5.74, 6) is 1.28. The Balaban J connectivity index is 1.13. The van der Waals surface area contributed by atoms with Crippen LogP contribution in [0.25, 0.3) is 5.69 Å². The van der Waals surface area contributed by atoms with Crippen LogP contribution in [-0.2, 0) is 13.2 Å². The van der Waals surface area contributed by atoms with Crippen molar-refractivity contribution in [3.8, 4) is 17.2 Å². The van der Waals surface area contributed by atoms with Crippen molar-refractivity contribution < 1.29 is 23.6 Å². The van der Waals surface area contributed by atoms with Gasteiger partial charge < -0.3 is 18.5 Å². The summed E-state index contributed by atoms with van der Waals surface area (Å²) in [6.45, 7) is 4.42. The van der Waals surface area contributed by atoms with E-state index in [9.17, 15) is 14.9 Å². The van der Waals surface area contributed by atoms with E-state index in [2.05, 4.69) is 72.9 Å². The topological polar surface area (TPSA) is 121 Å². The smallest absolute Gasteiger partial charge is 0.307 e. The van der Waals surface area contributed by atoms with Crippen molar-refractivity contribution in [2.75, 3.05) is 0 Å². The first-order chi connectivity index (χ1) is 21.2. The predicted molar refractivity (Wildman–Crippen MR) is 173 cm³/mol. The molecule has 0 aliphatic carbocycles. The van der Waals surface area contributed by atoms with Crippen molar-refractivity contribution in [1.29, 1.82) is 0 Å². The number of amides is 1. The highest BCUT2D eigenvalue weighted by Crippen LogP contribution is 2.35. The molecule has 0 bridgehead atoms. The summed E-state index contributed by atoms with van der Waals surface area (Å²) in [7, 11) is 0. The summed E-state index contributed by atoms with van der Waals surface area (Å²) in [5, 5.41) is 15.0. The fraction of sp³-hybridized carbons (Fsp3) is 0.125. The van der Waals surface area contributed by atoms with E-state index in [1.807, 2.05) is 24.3 Å². The molecule has 0 atom stereocenters. The molecule has 10 nitrogen and oxygen atoms in total. The number of furan rings is 1. The molecule has 5 rings (SSSR count). The van der Waals surface area contributed by atoms with E-state index in [0.717, 1.165) is 17.1 Å². The first-order valence-electron chi connectivity index (χ1n) is 13.3. The van der Waals surface area contributed by atoms with Crippen LogP contribution in [0.3, 0.4) is 0 Å². The first kappa shape index (κ1) is 30.8. The number of hydrogen-bond donors (Lipinski definition) is 1. The molecule has 0 spiro atoms. The van der Waals surface area contributed by atoms with Gasteiger partial charge in [0.25, 0.3) is 5.69 Å². The predicted octanol–water partition coefficient (Wildman–Crippen LogP) is 8.04. The number of ether oxygens (including phenoxy) is 2. The lowest BCUT2D eigenvalue weighted by molar-refractivity contribution is -0.384. The van der Waals surface area contributed by atoms with Gasteiger partial charge in [-0.2, -0.15) is 5.10 Å². The number of rotatable bonds is 11. The lowest BCUT2D eigenvalue weighted by Gasteiger charge is -2.11. The van der Waals surface area contributed by atoms with Crippen molar-refractivity contribution in [2.45, 2.75) is 27.1 Å². The first-order valence-corrected chi connectivity index (χ1v) is 14.9. The molecular formula is C32H26Br2N4O6. The number of carbonyl (C=O) groups excluding carboxylic acids is 1. The number of nitro groups is 1. The highest BCUT2D eigenvalue weighted by Gasteiger charge is 2.13. The highest BCUT2D eigenvalue weighted by molar-refractivity contribution is 9.11. The number of benzene rings is 3. The third-order valence-corrected chi connectivity index (χ3v) is 7.72. The molecule has 3 aromatic carbocycles. The van der Waals surface area contributed by atoms with Crippen LogP contribution in [0.5, 0.6) is 11.5 Å². The van der Waals surface area contributed by atoms with E-state index in [4.69, 9.17) is 13.9 Å². The number of carbonyl (C=O) groups is 1. The minimum Gasteiger partial charge on any atom is -0.487 e. The van der Waals surface area contributed by atoms with E-state index >= 15 is 0 Å². The van der Waals surface area contributed by atoms with Gasteiger partial charge in [0.2, 0.25) is 0 Å². The van der Waals surface area contributed by atoms with Gasteiger partial charge in [0.1, 0.15) is 30.5 Å². The Kier molecular flexibility index (Phi) is 9.61. The zero-order chi connectivity index (χ0) is 31.2. The Morgan fingerprint density at radius 2 is 1.66 bits per heavy atom. The Morgan fingerprint density at radius 1 is 0.955 bits per heavy atom. The van der Waals surface area contributed by atoms with Crippen molar-refractivity contribution >= 4 is 49.7 Å². The average Bonchev–Trinajstić information content (AvgIpc) is 3.62. The van der Waals surface area contributed by atoms with E-state index in [-0.39, 0.29) is 24.7 Å². The van der Waals surface area contributed by atoms with E-state index in [0.29, 0.717) is 37.3 Å². The van der Waals surface area contributed by atoms with Crippen LogP contribution >= 0.6 is 31.9 Å². The summed E-state index contributed by atoms with van der Waals surface area (Å²) < 4.78 is 20.8. The fourth-order valence-corrected chi connectivity index (χ4v) is 5.88. The van der Waals surface area contributed by atoms with Crippen LogP contribution in [0.15, 0.2) is 103 Å². The third kappa shape index (κ3) is 7.44. The van der Waals surface area contributed by atoms with Crippen molar-refractivity contribution in [3.63, 3.8) is 0 Å². The van der Waals surface area contributed by atoms with Gasteiger partial charge in [-0.1, -0.05) is 12.1 Å². The van der Waals surface area contributed by atoms with Crippen LogP contribution in [0.4, 0.5) is 5.69 Å². The molecule has 2 heterocycles. The van der Waals surface area contributed by atoms with E-state index < -0.39 is 10.8 Å². The molecule has 0 aliphatic rings. The van der Waals surface area contributed by atoms with E-state index in [1.165, 1.54) is 18.3 Å². The second kappa shape index (κ2) is 13.7. The van der Waals surface area contributed by atoms with Crippen LogP contribution in [0, 0.1) is 24.0 Å². The molecule has 1 amide bonds. The largest absolute Gasteiger partial charge is 0.487 e. The summed E-state index contributed by atoms with van der Waals surface area (Å²) in [6.07, 6.45) is 1.48. The number of halogens is 2. The molecule has 44 heavy (non-hydrogen) atoms. The zero-order valence-corrected chi connectivity index (χ0v) is 26.8. The zero-order valence-electron chi connectivity index (χ0n) is 23.6. The number of nitro benzene ring substituents is 1. The molecule has 0 aliphatic heterocycles. The van der Waals surface area contributed by atoms with Gasteiger partial charge in [-0.15, -0.1) is 0 Å². The number of aryl methyl sites for hydroxylation is 2. The molecular weight excluding hydrogens is 696 g/mol. The van der Waals surface area contributed by atoms with E-state index in [1.54, 1.807) is 36.4 Å². The number of hydrogen-bond acceptors (Lipinski definition) is 7. The molecule has 0 saturated carbocycles. The molecule has 224 valence electrons. The molecule has 0 saturated heterocycles. The minimum atomic E-state index is -0.510. The quantitative estimate of drug-likeness (QED) is 0.0837. The molecule has 5 aromatic rings. The molecule has 0 radical (unpaired) electrons. The maximum absolute atomic E-state index is 12.6. The highest BCUT2D eigenvalue weighted by atomic mass is 79.9. The number of hydrazone groups is 1. The Morgan fingerprint density at radius 3 is 2.34 bits per heavy atom. The minimum absolute atomic E-state index is 0.00288. The lowest BCUT2D eigenvalue weighted by atomic mass is 10.2. The van der Waals surface area contributed by atoms with Crippen LogP contribution in [0.1, 0.15) is 38.8 Å². The second-order valence-corrected chi connectivity index (χ2v) is 11.4. The normalized spacial score (nSPS) is 11.1. The fourth-order valence-electron chi connectivity index (χ4n) is 4.43. The van der Waals surface area contributed by atoms with Gasteiger partial charge in [0.05, 0.1) is 20.1 Å². The summed E-state index contributed by atoms with van der Waals surface area (Å²) in [6, 6.07) is 24.9. The SMILES string of the molecule is Cc1ccc(C)n1-c1ccc(OCc2ccc(C(=O)N/N=C/c3cc(Br)c(OCc4cccc([N+](=O)[O-])c4)c(Br)c3)o2)cc1. The third-order valence-electron chi connectivity index (χ3n) is 6.54. The number of non-ortho nitro benzene ring substituents is 1. The molecule has 0 unspecified atom stereocenters. The molecule has 12 heteroatoms. The van der Waals surface area contributed by atoms with Gasteiger partial charge in [-0.05, 0) is 117 Å². The molecule has 0 fully saturated rings. The number of aromatic nitrogens is 1. The van der Waals surface area contributed by atoms with Gasteiger partial charge >= 0.3 is 5.91 Å². The van der Waals surface area contributed by atoms with Crippen molar-refractivity contribution in [2.24, 2.45) is 5.10 Å². The van der Waals surface area contributed by atoms with Crippen LogP contribution in [-0.4, -0.2) is 21.6 Å². The molecule has 2 aromatic heterocycles. The van der Waals surface area contributed by atoms with Crippen molar-refractivity contribution in [1.82, 2.24) is 9.99 Å². The van der Waals surface area contributed by atoms with Crippen molar-refractivity contribution in [3.05, 3.63) is 138 Å². The Labute approximate surface area is 269 Å². The Hall–Kier alpha value is -4.68.